The first-order valence-corrected chi connectivity index (χ1v) is 7.60. The van der Waals surface area contributed by atoms with E-state index in [0.717, 1.165) is 22.7 Å². The number of nitrogens with zero attached hydrogens (tertiary/aromatic N) is 4. The summed E-state index contributed by atoms with van der Waals surface area (Å²) >= 11 is 1.07. The zero-order valence-corrected chi connectivity index (χ0v) is 12.6. The number of para-hydroxylation sites is 1. The maximum absolute atomic E-state index is 11.3. The zero-order valence-electron chi connectivity index (χ0n) is 11.8. The molecule has 7 nitrogen and oxygen atoms in total. The molecule has 0 radical (unpaired) electrons. The Kier molecular flexibility index (Phi) is 3.95. The predicted molar refractivity (Wildman–Crippen MR) is 82.0 cm³/mol. The van der Waals surface area contributed by atoms with Crippen LogP contribution in [0.15, 0.2) is 29.4 Å². The van der Waals surface area contributed by atoms with Crippen LogP contribution in [0, 0.1) is 6.92 Å². The summed E-state index contributed by atoms with van der Waals surface area (Å²) in [7, 11) is 0. The van der Waals surface area contributed by atoms with Crippen molar-refractivity contribution in [1.29, 1.82) is 0 Å². The number of aryl methyl sites for hydroxylation is 1. The van der Waals surface area contributed by atoms with Gasteiger partial charge in [0, 0.05) is 12.0 Å². The number of carboxylic acids is 1. The van der Waals surface area contributed by atoms with Crippen molar-refractivity contribution in [3.05, 3.63) is 30.1 Å². The summed E-state index contributed by atoms with van der Waals surface area (Å²) in [6.45, 7) is 1.58. The number of aliphatic carboxylic acids is 1. The fraction of sp³-hybridized carbons (Fsp3) is 0.286. The molecule has 3 aromatic rings. The fourth-order valence-electron chi connectivity index (χ4n) is 2.19. The number of aliphatic hydroxyl groups is 1. The molecule has 0 saturated carbocycles. The highest BCUT2D eigenvalue weighted by Crippen LogP contribution is 2.28. The minimum absolute atomic E-state index is 0.143. The molecule has 0 spiro atoms. The van der Waals surface area contributed by atoms with Crippen LogP contribution in [0.3, 0.4) is 0 Å². The van der Waals surface area contributed by atoms with Crippen LogP contribution in [0.25, 0.3) is 16.6 Å². The molecule has 0 aliphatic heterocycles. The lowest BCUT2D eigenvalue weighted by molar-refractivity contribution is -0.136. The largest absolute Gasteiger partial charge is 0.480 e. The van der Waals surface area contributed by atoms with Gasteiger partial charge in [0.05, 0.1) is 5.52 Å². The topological polar surface area (TPSA) is 101 Å². The Morgan fingerprint density at radius 2 is 2.14 bits per heavy atom. The van der Waals surface area contributed by atoms with E-state index in [1.165, 1.54) is 0 Å². The highest BCUT2D eigenvalue weighted by atomic mass is 32.2. The summed E-state index contributed by atoms with van der Waals surface area (Å²) in [6, 6.07) is 7.52. The standard InChI is InChI=1S/C14H14N4O3S/c1-8-15-12-9-4-2-3-5-10(9)16-14(18(12)17-8)22-11(6-7-19)13(20)21/h2-5,11,19H,6-7H2,1H3,(H,20,21)/t11-/m0/s1. The van der Waals surface area contributed by atoms with Gasteiger partial charge in [-0.05, 0) is 25.5 Å². The van der Waals surface area contributed by atoms with Crippen LogP contribution in [0.5, 0.6) is 0 Å². The van der Waals surface area contributed by atoms with Gasteiger partial charge in [0.1, 0.15) is 11.1 Å². The first-order chi connectivity index (χ1) is 10.6. The molecule has 0 amide bonds. The molecule has 0 unspecified atom stereocenters. The molecule has 0 saturated heterocycles. The van der Waals surface area contributed by atoms with Crippen molar-refractivity contribution >= 4 is 34.3 Å². The van der Waals surface area contributed by atoms with Crippen LogP contribution in [0.2, 0.25) is 0 Å². The minimum atomic E-state index is -0.987. The average molecular weight is 318 g/mol. The van der Waals surface area contributed by atoms with Crippen LogP contribution in [0.1, 0.15) is 12.2 Å². The van der Waals surface area contributed by atoms with Crippen LogP contribution >= 0.6 is 11.8 Å². The lowest BCUT2D eigenvalue weighted by Gasteiger charge is -2.11. The van der Waals surface area contributed by atoms with Crippen LogP contribution in [-0.2, 0) is 4.79 Å². The number of carbonyl (C=O) groups is 1. The normalized spacial score (nSPS) is 12.8. The molecular weight excluding hydrogens is 304 g/mol. The monoisotopic (exact) mass is 318 g/mol. The van der Waals surface area contributed by atoms with Crippen molar-refractivity contribution in [2.24, 2.45) is 0 Å². The Morgan fingerprint density at radius 3 is 2.86 bits per heavy atom. The van der Waals surface area contributed by atoms with E-state index in [-0.39, 0.29) is 13.0 Å². The predicted octanol–water partition coefficient (Wildman–Crippen LogP) is 1.51. The number of hydrogen-bond donors (Lipinski definition) is 2. The highest BCUT2D eigenvalue weighted by Gasteiger charge is 2.22. The molecule has 0 fully saturated rings. The van der Waals surface area contributed by atoms with Crippen LogP contribution < -0.4 is 0 Å². The van der Waals surface area contributed by atoms with Gasteiger partial charge < -0.3 is 10.2 Å². The van der Waals surface area contributed by atoms with E-state index in [2.05, 4.69) is 15.1 Å². The van der Waals surface area contributed by atoms with Crippen molar-refractivity contribution in [2.75, 3.05) is 6.61 Å². The zero-order chi connectivity index (χ0) is 15.7. The van der Waals surface area contributed by atoms with Gasteiger partial charge >= 0.3 is 5.97 Å². The Hall–Kier alpha value is -2.19. The van der Waals surface area contributed by atoms with Crippen molar-refractivity contribution in [2.45, 2.75) is 23.8 Å². The molecule has 2 heterocycles. The molecule has 22 heavy (non-hydrogen) atoms. The molecule has 2 N–H and O–H groups in total. The van der Waals surface area contributed by atoms with E-state index in [1.54, 1.807) is 11.4 Å². The third-order valence-corrected chi connectivity index (χ3v) is 4.37. The maximum Gasteiger partial charge on any atom is 0.317 e. The molecule has 0 bridgehead atoms. The number of aliphatic hydroxyl groups excluding tert-OH is 1. The second-order valence-electron chi connectivity index (χ2n) is 4.76. The average Bonchev–Trinajstić information content (AvgIpc) is 2.89. The van der Waals surface area contributed by atoms with E-state index in [4.69, 9.17) is 5.11 Å². The van der Waals surface area contributed by atoms with Gasteiger partial charge in [-0.3, -0.25) is 4.79 Å². The van der Waals surface area contributed by atoms with Gasteiger partial charge in [0.15, 0.2) is 10.8 Å². The molecule has 8 heteroatoms. The third-order valence-electron chi connectivity index (χ3n) is 3.17. The van der Waals surface area contributed by atoms with Crippen LogP contribution in [0.4, 0.5) is 0 Å². The number of hydrogen-bond acceptors (Lipinski definition) is 6. The summed E-state index contributed by atoms with van der Waals surface area (Å²) in [5.41, 5.74) is 1.39. The third kappa shape index (κ3) is 2.62. The lowest BCUT2D eigenvalue weighted by Crippen LogP contribution is -2.18. The molecular formula is C14H14N4O3S. The quantitative estimate of drug-likeness (QED) is 0.543. The van der Waals surface area contributed by atoms with Gasteiger partial charge in [-0.15, -0.1) is 5.10 Å². The van der Waals surface area contributed by atoms with Gasteiger partial charge in [-0.2, -0.15) is 4.52 Å². The molecule has 2 aromatic heterocycles. The van der Waals surface area contributed by atoms with Crippen molar-refractivity contribution in [1.82, 2.24) is 19.6 Å². The molecule has 1 aromatic carbocycles. The van der Waals surface area contributed by atoms with Crippen molar-refractivity contribution in [3.63, 3.8) is 0 Å². The van der Waals surface area contributed by atoms with Gasteiger partial charge in [0.25, 0.3) is 0 Å². The highest BCUT2D eigenvalue weighted by molar-refractivity contribution is 8.00. The SMILES string of the molecule is Cc1nc2c3ccccc3nc(S[C@@H](CCO)C(=O)O)n2n1. The van der Waals surface area contributed by atoms with E-state index < -0.39 is 11.2 Å². The molecule has 3 rings (SSSR count). The fourth-order valence-corrected chi connectivity index (χ4v) is 3.14. The Balaban J connectivity index is 2.16. The van der Waals surface area contributed by atoms with Crippen molar-refractivity contribution in [3.8, 4) is 0 Å². The van der Waals surface area contributed by atoms with E-state index >= 15 is 0 Å². The first-order valence-electron chi connectivity index (χ1n) is 6.72. The van der Waals surface area contributed by atoms with Crippen LogP contribution in [-0.4, -0.2) is 47.6 Å². The number of carboxylic acid groups (broad SMARTS) is 1. The summed E-state index contributed by atoms with van der Waals surface area (Å²) in [6.07, 6.45) is 0.143. The lowest BCUT2D eigenvalue weighted by atomic mass is 10.2. The van der Waals surface area contributed by atoms with Gasteiger partial charge in [-0.25, -0.2) is 9.97 Å². The van der Waals surface area contributed by atoms with E-state index in [0.29, 0.717) is 16.6 Å². The Morgan fingerprint density at radius 1 is 1.36 bits per heavy atom. The van der Waals surface area contributed by atoms with Crippen molar-refractivity contribution < 1.29 is 15.0 Å². The van der Waals surface area contributed by atoms with Gasteiger partial charge in [0.2, 0.25) is 0 Å². The minimum Gasteiger partial charge on any atom is -0.480 e. The number of thioether (sulfide) groups is 1. The van der Waals surface area contributed by atoms with E-state index in [9.17, 15) is 9.90 Å². The second-order valence-corrected chi connectivity index (χ2v) is 5.93. The summed E-state index contributed by atoms with van der Waals surface area (Å²) in [5.74, 6) is -0.395. The Bertz CT molecular complexity index is 849. The number of fused-ring (bicyclic) bond motifs is 3. The molecule has 0 aliphatic carbocycles. The molecule has 114 valence electrons. The molecule has 1 atom stereocenters. The number of benzene rings is 1. The Labute approximate surface area is 130 Å². The summed E-state index contributed by atoms with van der Waals surface area (Å²) < 4.78 is 1.57. The second kappa shape index (κ2) is 5.90. The maximum atomic E-state index is 11.3. The smallest absolute Gasteiger partial charge is 0.317 e. The number of rotatable bonds is 5. The van der Waals surface area contributed by atoms with Gasteiger partial charge in [-0.1, -0.05) is 23.9 Å². The first kappa shape index (κ1) is 14.7. The number of aromatic nitrogens is 4. The summed E-state index contributed by atoms with van der Waals surface area (Å²) in [4.78, 5) is 20.2. The summed E-state index contributed by atoms with van der Waals surface area (Å²) in [5, 5.41) is 23.1. The molecule has 0 aliphatic rings. The van der Waals surface area contributed by atoms with E-state index in [1.807, 2.05) is 24.3 Å².